The van der Waals surface area contributed by atoms with Crippen molar-refractivity contribution in [3.63, 3.8) is 0 Å². The molecule has 1 aromatic rings. The molecule has 0 aliphatic rings. The van der Waals surface area contributed by atoms with E-state index < -0.39 is 38.9 Å². The molecule has 0 fully saturated rings. The van der Waals surface area contributed by atoms with E-state index >= 15 is 0 Å². The predicted molar refractivity (Wildman–Crippen MR) is 97.9 cm³/mol. The zero-order valence-corrected chi connectivity index (χ0v) is 15.9. The Morgan fingerprint density at radius 1 is 1.08 bits per heavy atom. The molecule has 0 spiro atoms. The van der Waals surface area contributed by atoms with Crippen LogP contribution in [0.15, 0.2) is 23.1 Å². The van der Waals surface area contributed by atoms with Gasteiger partial charge in [0.05, 0.1) is 12.1 Å². The minimum Gasteiger partial charge on any atom is -0.426 e. The second kappa shape index (κ2) is 11.1. The first kappa shape index (κ1) is 22.3. The minimum absolute atomic E-state index is 0.167. The van der Waals surface area contributed by atoms with Crippen LogP contribution in [0.1, 0.15) is 68.6 Å². The highest BCUT2D eigenvalue weighted by Gasteiger charge is 2.25. The highest BCUT2D eigenvalue weighted by atomic mass is 32.2. The molecule has 0 heterocycles. The third-order valence-corrected chi connectivity index (χ3v) is 4.83. The maximum atomic E-state index is 12.0. The fraction of sp³-hybridized carbons (Fsp3) is 0.556. The van der Waals surface area contributed by atoms with E-state index in [4.69, 9.17) is 10.5 Å². The lowest BCUT2D eigenvalue weighted by atomic mass is 10.1. The summed E-state index contributed by atoms with van der Waals surface area (Å²) in [7, 11) is -4.65. The average molecular weight is 385 g/mol. The van der Waals surface area contributed by atoms with Crippen LogP contribution in [0, 0.1) is 0 Å². The molecule has 3 N–H and O–H groups in total. The van der Waals surface area contributed by atoms with Crippen molar-refractivity contribution in [1.29, 1.82) is 0 Å². The van der Waals surface area contributed by atoms with Gasteiger partial charge in [-0.05, 0) is 18.6 Å². The number of hydrogen-bond donors (Lipinski definition) is 2. The summed E-state index contributed by atoms with van der Waals surface area (Å²) in [6.45, 7) is 1.67. The van der Waals surface area contributed by atoms with E-state index in [1.165, 1.54) is 31.4 Å². The lowest BCUT2D eigenvalue weighted by Crippen LogP contribution is -2.20. The van der Waals surface area contributed by atoms with E-state index in [2.05, 4.69) is 6.92 Å². The molecule has 1 aromatic carbocycles. The first-order valence-corrected chi connectivity index (χ1v) is 10.3. The van der Waals surface area contributed by atoms with Crippen molar-refractivity contribution in [1.82, 2.24) is 0 Å². The van der Waals surface area contributed by atoms with Gasteiger partial charge in [0, 0.05) is 6.42 Å². The SMILES string of the molecule is CCCCCCCCCC(=O)Oc1cccc(S(=O)(=O)O)c1C(=O)CN. The first-order chi connectivity index (χ1) is 12.3. The van der Waals surface area contributed by atoms with E-state index in [1.54, 1.807) is 0 Å². The van der Waals surface area contributed by atoms with Gasteiger partial charge in [-0.25, -0.2) is 0 Å². The smallest absolute Gasteiger partial charge is 0.311 e. The van der Waals surface area contributed by atoms with Gasteiger partial charge in [0.15, 0.2) is 5.78 Å². The molecule has 0 radical (unpaired) electrons. The molecular formula is C18H27NO6S. The van der Waals surface area contributed by atoms with Crippen molar-refractivity contribution in [2.75, 3.05) is 6.54 Å². The summed E-state index contributed by atoms with van der Waals surface area (Å²) >= 11 is 0. The van der Waals surface area contributed by atoms with Crippen molar-refractivity contribution in [2.45, 2.75) is 63.2 Å². The average Bonchev–Trinajstić information content (AvgIpc) is 2.59. The number of esters is 1. The summed E-state index contributed by atoms with van der Waals surface area (Å²) in [5, 5.41) is 0. The van der Waals surface area contributed by atoms with Crippen molar-refractivity contribution < 1.29 is 27.3 Å². The Balaban J connectivity index is 2.71. The van der Waals surface area contributed by atoms with E-state index in [9.17, 15) is 22.6 Å². The molecule has 0 saturated carbocycles. The molecule has 0 atom stereocenters. The van der Waals surface area contributed by atoms with Crippen LogP contribution in [-0.2, 0) is 14.9 Å². The number of unbranched alkanes of at least 4 members (excludes halogenated alkanes) is 6. The maximum absolute atomic E-state index is 12.0. The molecule has 26 heavy (non-hydrogen) atoms. The highest BCUT2D eigenvalue weighted by molar-refractivity contribution is 7.86. The predicted octanol–water partition coefficient (Wildman–Crippen LogP) is 3.12. The van der Waals surface area contributed by atoms with Crippen LogP contribution in [0.5, 0.6) is 5.75 Å². The van der Waals surface area contributed by atoms with Crippen LogP contribution in [0.3, 0.4) is 0 Å². The summed E-state index contributed by atoms with van der Waals surface area (Å²) < 4.78 is 37.3. The minimum atomic E-state index is -4.65. The molecule has 0 aliphatic carbocycles. The summed E-state index contributed by atoms with van der Waals surface area (Å²) in [4.78, 5) is 23.4. The fourth-order valence-corrected chi connectivity index (χ4v) is 3.31. The van der Waals surface area contributed by atoms with Gasteiger partial charge in [0.25, 0.3) is 10.1 Å². The van der Waals surface area contributed by atoms with Crippen LogP contribution in [0.2, 0.25) is 0 Å². The number of benzene rings is 1. The number of carbonyl (C=O) groups excluding carboxylic acids is 2. The maximum Gasteiger partial charge on any atom is 0.311 e. The van der Waals surface area contributed by atoms with Gasteiger partial charge in [-0.3, -0.25) is 14.1 Å². The Kier molecular flexibility index (Phi) is 9.47. The normalized spacial score (nSPS) is 11.3. The van der Waals surface area contributed by atoms with E-state index in [0.717, 1.165) is 25.3 Å². The van der Waals surface area contributed by atoms with Gasteiger partial charge in [0.1, 0.15) is 10.6 Å². The molecular weight excluding hydrogens is 358 g/mol. The lowest BCUT2D eigenvalue weighted by Gasteiger charge is -2.12. The topological polar surface area (TPSA) is 124 Å². The zero-order valence-electron chi connectivity index (χ0n) is 15.1. The molecule has 1 rings (SSSR count). The molecule has 0 saturated heterocycles. The number of nitrogens with two attached hydrogens (primary N) is 1. The number of carbonyl (C=O) groups is 2. The number of Topliss-reactive ketones (excluding diaryl/α,β-unsaturated/α-hetero) is 1. The lowest BCUT2D eigenvalue weighted by molar-refractivity contribution is -0.134. The van der Waals surface area contributed by atoms with Crippen molar-refractivity contribution in [3.8, 4) is 5.75 Å². The standard InChI is InChI=1S/C18H27NO6S/c1-2-3-4-5-6-7-8-12-17(21)25-15-10-9-11-16(26(22,23)24)18(15)14(20)13-19/h9-11H,2-8,12-13,19H2,1H3,(H,22,23,24). The Bertz CT molecular complexity index is 714. The Morgan fingerprint density at radius 3 is 2.27 bits per heavy atom. The highest BCUT2D eigenvalue weighted by Crippen LogP contribution is 2.27. The van der Waals surface area contributed by atoms with Gasteiger partial charge < -0.3 is 10.5 Å². The van der Waals surface area contributed by atoms with Gasteiger partial charge in [0.2, 0.25) is 0 Å². The van der Waals surface area contributed by atoms with Gasteiger partial charge in [-0.2, -0.15) is 8.42 Å². The quantitative estimate of drug-likeness (QED) is 0.186. The molecule has 8 heteroatoms. The zero-order chi connectivity index (χ0) is 19.6. The molecule has 0 aliphatic heterocycles. The van der Waals surface area contributed by atoms with E-state index in [0.29, 0.717) is 6.42 Å². The largest absolute Gasteiger partial charge is 0.426 e. The molecule has 146 valence electrons. The van der Waals surface area contributed by atoms with Gasteiger partial charge >= 0.3 is 5.97 Å². The van der Waals surface area contributed by atoms with Crippen molar-refractivity contribution in [3.05, 3.63) is 23.8 Å². The first-order valence-electron chi connectivity index (χ1n) is 8.85. The molecule has 0 amide bonds. The summed E-state index contributed by atoms with van der Waals surface area (Å²) in [6, 6.07) is 3.65. The Labute approximate surface area is 154 Å². The number of rotatable bonds is 12. The van der Waals surface area contributed by atoms with Crippen molar-refractivity contribution in [2.24, 2.45) is 5.73 Å². The number of ketones is 1. The number of hydrogen-bond acceptors (Lipinski definition) is 6. The molecule has 0 bridgehead atoms. The summed E-state index contributed by atoms with van der Waals surface area (Å²) in [6.07, 6.45) is 7.48. The Morgan fingerprint density at radius 2 is 1.69 bits per heavy atom. The van der Waals surface area contributed by atoms with Crippen LogP contribution in [0.25, 0.3) is 0 Å². The second-order valence-electron chi connectivity index (χ2n) is 6.08. The summed E-state index contributed by atoms with van der Waals surface area (Å²) in [5.74, 6) is -1.50. The van der Waals surface area contributed by atoms with Crippen LogP contribution < -0.4 is 10.5 Å². The third-order valence-electron chi connectivity index (χ3n) is 3.94. The third kappa shape index (κ3) is 7.23. The summed E-state index contributed by atoms with van der Waals surface area (Å²) in [5.41, 5.74) is 4.90. The Hall–Kier alpha value is -1.77. The monoisotopic (exact) mass is 385 g/mol. The van der Waals surface area contributed by atoms with Gasteiger partial charge in [-0.1, -0.05) is 51.5 Å². The fourth-order valence-electron chi connectivity index (χ4n) is 2.59. The van der Waals surface area contributed by atoms with Crippen LogP contribution >= 0.6 is 0 Å². The van der Waals surface area contributed by atoms with Crippen LogP contribution in [-0.4, -0.2) is 31.3 Å². The van der Waals surface area contributed by atoms with Crippen LogP contribution in [0.4, 0.5) is 0 Å². The molecule has 0 aromatic heterocycles. The van der Waals surface area contributed by atoms with E-state index in [-0.39, 0.29) is 12.2 Å². The molecule has 0 unspecified atom stereocenters. The van der Waals surface area contributed by atoms with Crippen molar-refractivity contribution >= 4 is 21.9 Å². The second-order valence-corrected chi connectivity index (χ2v) is 7.47. The molecule has 7 nitrogen and oxygen atoms in total. The van der Waals surface area contributed by atoms with E-state index in [1.807, 2.05) is 0 Å². The van der Waals surface area contributed by atoms with Gasteiger partial charge in [-0.15, -0.1) is 0 Å². The number of ether oxygens (including phenoxy) is 1.